The van der Waals surface area contributed by atoms with E-state index in [-0.39, 0.29) is 0 Å². The number of rotatable bonds is 4. The van der Waals surface area contributed by atoms with E-state index in [0.717, 1.165) is 5.92 Å². The Labute approximate surface area is 88.4 Å². The molecule has 0 heterocycles. The lowest BCUT2D eigenvalue weighted by Gasteiger charge is -2.31. The van der Waals surface area contributed by atoms with Crippen molar-refractivity contribution < 1.29 is 4.74 Å². The molecule has 1 aliphatic rings. The molecule has 1 N–H and O–H groups in total. The quantitative estimate of drug-likeness (QED) is 0.751. The molecule has 0 aliphatic heterocycles. The fourth-order valence-electron chi connectivity index (χ4n) is 2.16. The van der Waals surface area contributed by atoms with Crippen LogP contribution in [-0.4, -0.2) is 25.3 Å². The van der Waals surface area contributed by atoms with Gasteiger partial charge in [-0.2, -0.15) is 0 Å². The van der Waals surface area contributed by atoms with Crippen LogP contribution >= 0.6 is 0 Å². The van der Waals surface area contributed by atoms with Crippen molar-refractivity contribution in [3.63, 3.8) is 0 Å². The largest absolute Gasteiger partial charge is 0.374 e. The Morgan fingerprint density at radius 1 is 1.29 bits per heavy atom. The summed E-state index contributed by atoms with van der Waals surface area (Å²) in [6.07, 6.45) is 6.06. The number of hydrogen-bond acceptors (Lipinski definition) is 2. The van der Waals surface area contributed by atoms with Crippen LogP contribution < -0.4 is 5.32 Å². The van der Waals surface area contributed by atoms with E-state index in [9.17, 15) is 0 Å². The van der Waals surface area contributed by atoms with Crippen molar-refractivity contribution in [2.45, 2.75) is 64.7 Å². The number of ether oxygens (including phenoxy) is 1. The van der Waals surface area contributed by atoms with Crippen LogP contribution in [0.1, 0.15) is 46.5 Å². The summed E-state index contributed by atoms with van der Waals surface area (Å²) in [7, 11) is 1.99. The molecule has 0 aromatic rings. The van der Waals surface area contributed by atoms with Crippen LogP contribution in [-0.2, 0) is 4.74 Å². The van der Waals surface area contributed by atoms with Crippen LogP contribution in [0.25, 0.3) is 0 Å². The highest BCUT2D eigenvalue weighted by atomic mass is 16.5. The van der Waals surface area contributed by atoms with Gasteiger partial charge in [0.05, 0.1) is 12.2 Å². The molecular formula is C12H25NO. The summed E-state index contributed by atoms with van der Waals surface area (Å²) in [6.45, 7) is 6.68. The molecule has 0 aromatic heterocycles. The first kappa shape index (κ1) is 12.0. The van der Waals surface area contributed by atoms with Gasteiger partial charge < -0.3 is 10.1 Å². The molecule has 2 heteroatoms. The highest BCUT2D eigenvalue weighted by molar-refractivity contribution is 4.74. The van der Waals surface area contributed by atoms with Gasteiger partial charge in [0.15, 0.2) is 0 Å². The second-order valence-electron chi connectivity index (χ2n) is 4.81. The number of nitrogens with one attached hydrogen (secondary N) is 1. The van der Waals surface area contributed by atoms with E-state index < -0.39 is 0 Å². The molecule has 14 heavy (non-hydrogen) atoms. The third kappa shape index (κ3) is 3.58. The van der Waals surface area contributed by atoms with Gasteiger partial charge in [-0.25, -0.2) is 0 Å². The Morgan fingerprint density at radius 2 is 2.00 bits per heavy atom. The SMILES string of the molecule is CNC(C)C(C)OC1CCCC(C)C1. The van der Waals surface area contributed by atoms with E-state index >= 15 is 0 Å². The van der Waals surface area contributed by atoms with Gasteiger partial charge in [0, 0.05) is 6.04 Å². The Kier molecular flexibility index (Phi) is 4.90. The van der Waals surface area contributed by atoms with E-state index in [4.69, 9.17) is 4.74 Å². The topological polar surface area (TPSA) is 21.3 Å². The fraction of sp³-hybridized carbons (Fsp3) is 1.00. The van der Waals surface area contributed by atoms with Crippen molar-refractivity contribution in [3.8, 4) is 0 Å². The molecule has 1 aliphatic carbocycles. The van der Waals surface area contributed by atoms with Gasteiger partial charge in [-0.05, 0) is 39.7 Å². The van der Waals surface area contributed by atoms with Gasteiger partial charge in [0.1, 0.15) is 0 Å². The summed E-state index contributed by atoms with van der Waals surface area (Å²) in [4.78, 5) is 0. The second kappa shape index (κ2) is 5.72. The summed E-state index contributed by atoms with van der Waals surface area (Å²) in [5.41, 5.74) is 0. The van der Waals surface area contributed by atoms with Gasteiger partial charge in [-0.1, -0.05) is 19.8 Å². The van der Waals surface area contributed by atoms with Crippen molar-refractivity contribution in [1.82, 2.24) is 5.32 Å². The van der Waals surface area contributed by atoms with Crippen LogP contribution in [0.15, 0.2) is 0 Å². The fourth-order valence-corrected chi connectivity index (χ4v) is 2.16. The number of hydrogen-bond donors (Lipinski definition) is 1. The van der Waals surface area contributed by atoms with Crippen LogP contribution in [0.4, 0.5) is 0 Å². The van der Waals surface area contributed by atoms with Gasteiger partial charge in [-0.3, -0.25) is 0 Å². The zero-order chi connectivity index (χ0) is 10.6. The maximum absolute atomic E-state index is 6.05. The van der Waals surface area contributed by atoms with Gasteiger partial charge in [-0.15, -0.1) is 0 Å². The van der Waals surface area contributed by atoms with Gasteiger partial charge >= 0.3 is 0 Å². The predicted molar refractivity (Wildman–Crippen MR) is 60.5 cm³/mol. The van der Waals surface area contributed by atoms with Crippen molar-refractivity contribution in [2.24, 2.45) is 5.92 Å². The molecule has 4 unspecified atom stereocenters. The molecule has 84 valence electrons. The van der Waals surface area contributed by atoms with Crippen molar-refractivity contribution in [3.05, 3.63) is 0 Å². The average molecular weight is 199 g/mol. The highest BCUT2D eigenvalue weighted by Gasteiger charge is 2.22. The molecule has 1 rings (SSSR count). The van der Waals surface area contributed by atoms with E-state index in [1.54, 1.807) is 0 Å². The van der Waals surface area contributed by atoms with Gasteiger partial charge in [0.25, 0.3) is 0 Å². The van der Waals surface area contributed by atoms with E-state index in [0.29, 0.717) is 18.2 Å². The van der Waals surface area contributed by atoms with Gasteiger partial charge in [0.2, 0.25) is 0 Å². The summed E-state index contributed by atoms with van der Waals surface area (Å²) >= 11 is 0. The molecule has 0 amide bonds. The molecule has 1 saturated carbocycles. The number of likely N-dealkylation sites (N-methyl/N-ethyl adjacent to an activating group) is 1. The summed E-state index contributed by atoms with van der Waals surface area (Å²) < 4.78 is 6.05. The first-order valence-corrected chi connectivity index (χ1v) is 5.96. The molecule has 1 fully saturated rings. The normalized spacial score (nSPS) is 32.6. The van der Waals surface area contributed by atoms with Crippen LogP contribution in [0.2, 0.25) is 0 Å². The minimum atomic E-state index is 0.329. The van der Waals surface area contributed by atoms with Crippen LogP contribution in [0.5, 0.6) is 0 Å². The zero-order valence-electron chi connectivity index (χ0n) is 10.0. The Balaban J connectivity index is 2.28. The standard InChI is InChI=1S/C12H25NO/c1-9-6-5-7-12(8-9)14-11(3)10(2)13-4/h9-13H,5-8H2,1-4H3. The zero-order valence-corrected chi connectivity index (χ0v) is 10.0. The van der Waals surface area contributed by atoms with Crippen LogP contribution in [0, 0.1) is 5.92 Å². The molecule has 4 atom stereocenters. The monoisotopic (exact) mass is 199 g/mol. The molecule has 0 aromatic carbocycles. The Hall–Kier alpha value is -0.0800. The van der Waals surface area contributed by atoms with Crippen molar-refractivity contribution in [1.29, 1.82) is 0 Å². The third-order valence-electron chi connectivity index (χ3n) is 3.45. The summed E-state index contributed by atoms with van der Waals surface area (Å²) in [6, 6.07) is 0.451. The van der Waals surface area contributed by atoms with Crippen molar-refractivity contribution in [2.75, 3.05) is 7.05 Å². The van der Waals surface area contributed by atoms with E-state index in [2.05, 4.69) is 26.1 Å². The van der Waals surface area contributed by atoms with E-state index in [1.807, 2.05) is 7.05 Å². The Morgan fingerprint density at radius 3 is 2.57 bits per heavy atom. The minimum absolute atomic E-state index is 0.329. The lowest BCUT2D eigenvalue weighted by Crippen LogP contribution is -2.38. The van der Waals surface area contributed by atoms with Crippen LogP contribution in [0.3, 0.4) is 0 Å². The summed E-state index contributed by atoms with van der Waals surface area (Å²) in [5, 5.41) is 3.24. The molecule has 2 nitrogen and oxygen atoms in total. The predicted octanol–water partition coefficient (Wildman–Crippen LogP) is 2.58. The maximum atomic E-state index is 6.05. The third-order valence-corrected chi connectivity index (χ3v) is 3.45. The first-order chi connectivity index (χ1) is 6.63. The molecule has 0 saturated heterocycles. The second-order valence-corrected chi connectivity index (χ2v) is 4.81. The molecular weight excluding hydrogens is 174 g/mol. The first-order valence-electron chi connectivity index (χ1n) is 5.96. The van der Waals surface area contributed by atoms with E-state index in [1.165, 1.54) is 25.7 Å². The Bertz CT molecular complexity index is 160. The molecule has 0 spiro atoms. The molecule has 0 radical (unpaired) electrons. The highest BCUT2D eigenvalue weighted by Crippen LogP contribution is 2.26. The smallest absolute Gasteiger partial charge is 0.0700 e. The van der Waals surface area contributed by atoms with Crippen molar-refractivity contribution >= 4 is 0 Å². The summed E-state index contributed by atoms with van der Waals surface area (Å²) in [5.74, 6) is 0.853. The molecule has 0 bridgehead atoms. The lowest BCUT2D eigenvalue weighted by atomic mass is 9.88. The maximum Gasteiger partial charge on any atom is 0.0700 e. The average Bonchev–Trinajstić information content (AvgIpc) is 2.16. The minimum Gasteiger partial charge on any atom is -0.374 e. The lowest BCUT2D eigenvalue weighted by molar-refractivity contribution is -0.0422.